The zero-order valence-electron chi connectivity index (χ0n) is 23.6. The van der Waals surface area contributed by atoms with Crippen molar-refractivity contribution in [2.24, 2.45) is 0 Å². The summed E-state index contributed by atoms with van der Waals surface area (Å²) < 4.78 is 22.0. The molecule has 3 aromatic carbocycles. The van der Waals surface area contributed by atoms with Gasteiger partial charge in [0.25, 0.3) is 11.7 Å². The lowest BCUT2D eigenvalue weighted by Gasteiger charge is -2.27. The highest BCUT2D eigenvalue weighted by molar-refractivity contribution is 6.52. The van der Waals surface area contributed by atoms with E-state index in [1.54, 1.807) is 36.4 Å². The molecule has 1 atom stereocenters. The van der Waals surface area contributed by atoms with Crippen LogP contribution in [0.1, 0.15) is 43.5 Å². The molecule has 40 heavy (non-hydrogen) atoms. The lowest BCUT2D eigenvalue weighted by molar-refractivity contribution is -0.132. The SMILES string of the molecule is COc1ccc(C(C)(C)C)cc1/C(O)=C1\C(=O)C(=O)N(c2ccccc2O)C1c1cc(OC)c(OC)c(OC)c1. The summed E-state index contributed by atoms with van der Waals surface area (Å²) in [5.41, 5.74) is 1.14. The topological polar surface area (TPSA) is 115 Å². The van der Waals surface area contributed by atoms with Gasteiger partial charge in [-0.15, -0.1) is 0 Å². The molecule has 0 bridgehead atoms. The Kier molecular flexibility index (Phi) is 7.68. The van der Waals surface area contributed by atoms with Gasteiger partial charge in [-0.1, -0.05) is 39.0 Å². The van der Waals surface area contributed by atoms with E-state index in [1.807, 2.05) is 26.8 Å². The van der Waals surface area contributed by atoms with Crippen LogP contribution in [0.5, 0.6) is 28.7 Å². The van der Waals surface area contributed by atoms with Crippen molar-refractivity contribution in [3.05, 3.63) is 76.9 Å². The van der Waals surface area contributed by atoms with Gasteiger partial charge in [-0.25, -0.2) is 0 Å². The van der Waals surface area contributed by atoms with Gasteiger partial charge in [0.05, 0.1) is 51.3 Å². The van der Waals surface area contributed by atoms with Crippen LogP contribution in [-0.4, -0.2) is 50.3 Å². The number of phenolic OH excluding ortho intramolecular Hbond substituents is 1. The molecule has 1 amide bonds. The van der Waals surface area contributed by atoms with Gasteiger partial charge in [0.15, 0.2) is 11.5 Å². The number of para-hydroxylation sites is 2. The number of ether oxygens (including phenoxy) is 4. The van der Waals surface area contributed by atoms with Crippen LogP contribution in [-0.2, 0) is 15.0 Å². The number of methoxy groups -OCH3 is 4. The first-order valence-electron chi connectivity index (χ1n) is 12.6. The van der Waals surface area contributed by atoms with Crippen molar-refractivity contribution < 1.29 is 38.7 Å². The van der Waals surface area contributed by atoms with Crippen LogP contribution >= 0.6 is 0 Å². The fraction of sp³-hybridized carbons (Fsp3) is 0.290. The van der Waals surface area contributed by atoms with E-state index in [0.717, 1.165) is 10.5 Å². The third-order valence-corrected chi connectivity index (χ3v) is 6.91. The number of Topliss-reactive ketones (excluding diaryl/α,β-unsaturated/α-hetero) is 1. The van der Waals surface area contributed by atoms with Gasteiger partial charge in [0.2, 0.25) is 5.75 Å². The number of hydrogen-bond donors (Lipinski definition) is 2. The maximum Gasteiger partial charge on any atom is 0.300 e. The van der Waals surface area contributed by atoms with Gasteiger partial charge < -0.3 is 29.2 Å². The van der Waals surface area contributed by atoms with Crippen LogP contribution in [0.15, 0.2) is 60.2 Å². The molecule has 3 aromatic rings. The zero-order valence-corrected chi connectivity index (χ0v) is 23.6. The first-order valence-corrected chi connectivity index (χ1v) is 12.6. The Labute approximate surface area is 233 Å². The highest BCUT2D eigenvalue weighted by Crippen LogP contribution is 2.49. The van der Waals surface area contributed by atoms with E-state index in [2.05, 4.69) is 0 Å². The molecule has 0 aliphatic carbocycles. The Morgan fingerprint density at radius 3 is 1.95 bits per heavy atom. The number of phenols is 1. The highest BCUT2D eigenvalue weighted by Gasteiger charge is 2.48. The summed E-state index contributed by atoms with van der Waals surface area (Å²) in [5, 5.41) is 22.5. The third-order valence-electron chi connectivity index (χ3n) is 6.91. The van der Waals surface area contributed by atoms with Gasteiger partial charge in [0.1, 0.15) is 17.3 Å². The minimum Gasteiger partial charge on any atom is -0.507 e. The predicted octanol–water partition coefficient (Wildman–Crippen LogP) is 5.35. The quantitative estimate of drug-likeness (QED) is 0.231. The molecule has 2 N–H and O–H groups in total. The molecule has 9 heteroatoms. The molecule has 9 nitrogen and oxygen atoms in total. The van der Waals surface area contributed by atoms with Gasteiger partial charge in [-0.05, 0) is 52.9 Å². The van der Waals surface area contributed by atoms with E-state index in [0.29, 0.717) is 17.1 Å². The fourth-order valence-corrected chi connectivity index (χ4v) is 4.83. The normalized spacial score (nSPS) is 16.7. The van der Waals surface area contributed by atoms with Crippen LogP contribution in [0.2, 0.25) is 0 Å². The molecule has 1 fully saturated rings. The molecular weight excluding hydrogens is 514 g/mol. The van der Waals surface area contributed by atoms with E-state index in [1.165, 1.54) is 40.6 Å². The van der Waals surface area contributed by atoms with Crippen LogP contribution in [0, 0.1) is 0 Å². The summed E-state index contributed by atoms with van der Waals surface area (Å²) in [6.07, 6.45) is 0. The first kappa shape index (κ1) is 28.4. The Bertz CT molecular complexity index is 1480. The number of carbonyl (C=O) groups excluding carboxylic acids is 2. The summed E-state index contributed by atoms with van der Waals surface area (Å²) in [6.45, 7) is 6.06. The molecular formula is C31H33NO8. The summed E-state index contributed by atoms with van der Waals surface area (Å²) >= 11 is 0. The molecule has 1 unspecified atom stereocenters. The van der Waals surface area contributed by atoms with Crippen molar-refractivity contribution >= 4 is 23.1 Å². The largest absolute Gasteiger partial charge is 0.507 e. The van der Waals surface area contributed by atoms with Gasteiger partial charge in [-0.3, -0.25) is 14.5 Å². The Balaban J connectivity index is 2.09. The van der Waals surface area contributed by atoms with Gasteiger partial charge >= 0.3 is 0 Å². The summed E-state index contributed by atoms with van der Waals surface area (Å²) in [7, 11) is 5.82. The van der Waals surface area contributed by atoms with E-state index >= 15 is 0 Å². The van der Waals surface area contributed by atoms with Crippen LogP contribution < -0.4 is 23.8 Å². The fourth-order valence-electron chi connectivity index (χ4n) is 4.83. The summed E-state index contributed by atoms with van der Waals surface area (Å²) in [4.78, 5) is 28.5. The van der Waals surface area contributed by atoms with Crippen LogP contribution in [0.25, 0.3) is 5.76 Å². The average Bonchev–Trinajstić information content (AvgIpc) is 3.20. The van der Waals surface area contributed by atoms with Crippen LogP contribution in [0.3, 0.4) is 0 Å². The molecule has 0 spiro atoms. The van der Waals surface area contributed by atoms with E-state index in [9.17, 15) is 19.8 Å². The molecule has 1 saturated heterocycles. The van der Waals surface area contributed by atoms with Crippen molar-refractivity contribution in [1.82, 2.24) is 0 Å². The number of aliphatic hydroxyl groups excluding tert-OH is 1. The molecule has 1 heterocycles. The van der Waals surface area contributed by atoms with Gasteiger partial charge in [-0.2, -0.15) is 0 Å². The number of rotatable bonds is 7. The van der Waals surface area contributed by atoms with E-state index in [4.69, 9.17) is 18.9 Å². The molecule has 0 radical (unpaired) electrons. The first-order chi connectivity index (χ1) is 19.0. The second-order valence-corrected chi connectivity index (χ2v) is 10.3. The lowest BCUT2D eigenvalue weighted by Crippen LogP contribution is -2.29. The lowest BCUT2D eigenvalue weighted by atomic mass is 9.85. The number of amides is 1. The summed E-state index contributed by atoms with van der Waals surface area (Å²) in [6, 6.07) is 13.5. The Morgan fingerprint density at radius 1 is 0.825 bits per heavy atom. The number of benzene rings is 3. The molecule has 210 valence electrons. The molecule has 0 saturated carbocycles. The number of aromatic hydroxyl groups is 1. The minimum atomic E-state index is -1.16. The van der Waals surface area contributed by atoms with Gasteiger partial charge in [0, 0.05) is 0 Å². The number of ketones is 1. The van der Waals surface area contributed by atoms with Crippen molar-refractivity contribution in [2.45, 2.75) is 32.2 Å². The number of anilines is 1. The maximum absolute atomic E-state index is 13.7. The number of hydrogen-bond acceptors (Lipinski definition) is 8. The van der Waals surface area contributed by atoms with Crippen molar-refractivity contribution in [3.63, 3.8) is 0 Å². The molecule has 1 aliphatic heterocycles. The van der Waals surface area contributed by atoms with Crippen molar-refractivity contribution in [2.75, 3.05) is 33.3 Å². The third kappa shape index (κ3) is 4.79. The van der Waals surface area contributed by atoms with Crippen LogP contribution in [0.4, 0.5) is 5.69 Å². The summed E-state index contributed by atoms with van der Waals surface area (Å²) in [5.74, 6) is -1.28. The van der Waals surface area contributed by atoms with E-state index < -0.39 is 23.5 Å². The monoisotopic (exact) mass is 547 g/mol. The van der Waals surface area contributed by atoms with Crippen molar-refractivity contribution in [3.8, 4) is 28.7 Å². The Hall–Kier alpha value is -4.66. The van der Waals surface area contributed by atoms with Crippen molar-refractivity contribution in [1.29, 1.82) is 0 Å². The molecule has 4 rings (SSSR count). The molecule has 1 aliphatic rings. The number of nitrogens with zero attached hydrogens (tertiary/aromatic N) is 1. The average molecular weight is 548 g/mol. The standard InChI is InChI=1S/C31H33NO8/c1-31(2,3)18-12-13-22(37-4)19(16-18)27(34)25-26(17-14-23(38-5)29(40-7)24(15-17)39-6)32(30(36)28(25)35)20-10-8-9-11-21(20)33/h8-16,26,33-34H,1-7H3/b27-25+. The highest BCUT2D eigenvalue weighted by atomic mass is 16.5. The second-order valence-electron chi connectivity index (χ2n) is 10.3. The molecule has 0 aromatic heterocycles. The van der Waals surface area contributed by atoms with E-state index in [-0.39, 0.29) is 39.5 Å². The Morgan fingerprint density at radius 2 is 1.43 bits per heavy atom. The zero-order chi connectivity index (χ0) is 29.4. The number of aliphatic hydroxyl groups is 1. The number of carbonyl (C=O) groups is 2. The maximum atomic E-state index is 13.7. The minimum absolute atomic E-state index is 0.0952. The predicted molar refractivity (Wildman–Crippen MR) is 151 cm³/mol. The smallest absolute Gasteiger partial charge is 0.300 e. The second kappa shape index (κ2) is 10.8.